The maximum atomic E-state index is 11.5. The Morgan fingerprint density at radius 2 is 2.19 bits per heavy atom. The highest BCUT2D eigenvalue weighted by molar-refractivity contribution is 9.10. The molecule has 0 fully saturated rings. The summed E-state index contributed by atoms with van der Waals surface area (Å²) in [6.45, 7) is 2.86. The second-order valence-electron chi connectivity index (χ2n) is 5.34. The van der Waals surface area contributed by atoms with Crippen molar-refractivity contribution in [1.82, 2.24) is 9.55 Å². The van der Waals surface area contributed by atoms with E-state index in [1.54, 1.807) is 0 Å². The molecular weight excluding hydrogens is 332 g/mol. The number of nitrogens with zero attached hydrogens (tertiary/aromatic N) is 2. The normalized spacial score (nSPS) is 21.8. The first-order valence-electron chi connectivity index (χ1n) is 7.15. The maximum Gasteiger partial charge on any atom is 0.307 e. The molecule has 0 amide bonds. The number of imidazole rings is 1. The summed E-state index contributed by atoms with van der Waals surface area (Å²) < 4.78 is 3.13. The van der Waals surface area contributed by atoms with E-state index in [0.717, 1.165) is 34.3 Å². The Labute approximate surface area is 131 Å². The number of carboxylic acids is 1. The van der Waals surface area contributed by atoms with Crippen LogP contribution in [0.25, 0.3) is 11.0 Å². The Bertz CT molecular complexity index is 720. The third kappa shape index (κ3) is 2.50. The number of carbonyl (C=O) groups is 1. The summed E-state index contributed by atoms with van der Waals surface area (Å²) in [4.78, 5) is 16.3. The molecule has 5 heteroatoms. The molecule has 2 aromatic rings. The van der Waals surface area contributed by atoms with E-state index in [1.807, 2.05) is 24.3 Å². The monoisotopic (exact) mass is 348 g/mol. The first kappa shape index (κ1) is 14.3. The van der Waals surface area contributed by atoms with Crippen molar-refractivity contribution in [2.75, 3.05) is 0 Å². The highest BCUT2D eigenvalue weighted by Crippen LogP contribution is 2.36. The van der Waals surface area contributed by atoms with Gasteiger partial charge < -0.3 is 9.67 Å². The van der Waals surface area contributed by atoms with E-state index in [-0.39, 0.29) is 11.8 Å². The summed E-state index contributed by atoms with van der Waals surface area (Å²) in [6, 6.07) is 6.02. The van der Waals surface area contributed by atoms with Gasteiger partial charge in [0.05, 0.1) is 17.0 Å². The number of rotatable bonds is 3. The molecule has 0 saturated heterocycles. The van der Waals surface area contributed by atoms with Gasteiger partial charge in [0.25, 0.3) is 0 Å². The molecule has 0 radical (unpaired) electrons. The van der Waals surface area contributed by atoms with Crippen molar-refractivity contribution in [3.63, 3.8) is 0 Å². The highest BCUT2D eigenvalue weighted by Gasteiger charge is 2.33. The molecule has 1 aliphatic rings. The van der Waals surface area contributed by atoms with Crippen molar-refractivity contribution >= 4 is 32.9 Å². The molecule has 4 nitrogen and oxygen atoms in total. The standard InChI is InChI=1S/C16H17BrN2O2/c1-2-19-14-8-7-10(17)9-13(14)18-15(19)11-5-3-4-6-12(11)16(20)21/h3-4,7-9,11-12H,2,5-6H2,1H3,(H,20,21). The molecule has 1 heterocycles. The molecule has 21 heavy (non-hydrogen) atoms. The highest BCUT2D eigenvalue weighted by atomic mass is 79.9. The molecule has 1 aliphatic carbocycles. The lowest BCUT2D eigenvalue weighted by atomic mass is 9.82. The van der Waals surface area contributed by atoms with Crippen LogP contribution in [0.3, 0.4) is 0 Å². The van der Waals surface area contributed by atoms with E-state index in [2.05, 4.69) is 33.5 Å². The van der Waals surface area contributed by atoms with Crippen molar-refractivity contribution in [2.24, 2.45) is 5.92 Å². The molecule has 0 aliphatic heterocycles. The van der Waals surface area contributed by atoms with Crippen LogP contribution in [0.4, 0.5) is 0 Å². The van der Waals surface area contributed by atoms with Crippen LogP contribution in [0, 0.1) is 5.92 Å². The van der Waals surface area contributed by atoms with E-state index in [1.165, 1.54) is 0 Å². The van der Waals surface area contributed by atoms with Crippen LogP contribution in [-0.4, -0.2) is 20.6 Å². The lowest BCUT2D eigenvalue weighted by Gasteiger charge is -2.25. The fourth-order valence-corrected chi connectivity index (χ4v) is 3.46. The SMILES string of the molecule is CCn1c(C2CC=CCC2C(=O)O)nc2cc(Br)ccc21. The second-order valence-corrected chi connectivity index (χ2v) is 6.26. The number of aryl methyl sites for hydroxylation is 1. The zero-order chi connectivity index (χ0) is 15.0. The maximum absolute atomic E-state index is 11.5. The first-order valence-corrected chi connectivity index (χ1v) is 7.94. The summed E-state index contributed by atoms with van der Waals surface area (Å²) in [5, 5.41) is 9.47. The van der Waals surface area contributed by atoms with Gasteiger partial charge in [-0.3, -0.25) is 4.79 Å². The molecule has 1 N–H and O–H groups in total. The number of carboxylic acid groups (broad SMARTS) is 1. The number of hydrogen-bond acceptors (Lipinski definition) is 2. The van der Waals surface area contributed by atoms with Crippen LogP contribution in [0.15, 0.2) is 34.8 Å². The van der Waals surface area contributed by atoms with Crippen molar-refractivity contribution in [1.29, 1.82) is 0 Å². The quantitative estimate of drug-likeness (QED) is 0.854. The molecule has 110 valence electrons. The summed E-state index contributed by atoms with van der Waals surface area (Å²) >= 11 is 3.46. The molecule has 0 saturated carbocycles. The van der Waals surface area contributed by atoms with Gasteiger partial charge in [-0.15, -0.1) is 0 Å². The van der Waals surface area contributed by atoms with E-state index in [4.69, 9.17) is 4.98 Å². The van der Waals surface area contributed by atoms with Gasteiger partial charge in [0, 0.05) is 16.9 Å². The van der Waals surface area contributed by atoms with E-state index >= 15 is 0 Å². The largest absolute Gasteiger partial charge is 0.481 e. The van der Waals surface area contributed by atoms with Gasteiger partial charge in [0.1, 0.15) is 5.82 Å². The molecule has 0 bridgehead atoms. The Kier molecular flexibility index (Phi) is 3.85. The predicted molar refractivity (Wildman–Crippen MR) is 85.3 cm³/mol. The Hall–Kier alpha value is -1.62. The number of aromatic nitrogens is 2. The number of fused-ring (bicyclic) bond motifs is 1. The van der Waals surface area contributed by atoms with Crippen LogP contribution in [0.2, 0.25) is 0 Å². The van der Waals surface area contributed by atoms with Gasteiger partial charge in [0.15, 0.2) is 0 Å². The van der Waals surface area contributed by atoms with Crippen LogP contribution < -0.4 is 0 Å². The van der Waals surface area contributed by atoms with Gasteiger partial charge in [0.2, 0.25) is 0 Å². The Morgan fingerprint density at radius 3 is 2.90 bits per heavy atom. The average molecular weight is 349 g/mol. The number of allylic oxidation sites excluding steroid dienone is 2. The lowest BCUT2D eigenvalue weighted by Crippen LogP contribution is -2.25. The Morgan fingerprint density at radius 1 is 1.43 bits per heavy atom. The molecule has 2 unspecified atom stereocenters. The van der Waals surface area contributed by atoms with Crippen molar-refractivity contribution in [3.05, 3.63) is 40.6 Å². The summed E-state index contributed by atoms with van der Waals surface area (Å²) in [6.07, 6.45) is 5.35. The van der Waals surface area contributed by atoms with Gasteiger partial charge in [-0.25, -0.2) is 4.98 Å². The van der Waals surface area contributed by atoms with Crippen molar-refractivity contribution < 1.29 is 9.90 Å². The van der Waals surface area contributed by atoms with Crippen molar-refractivity contribution in [2.45, 2.75) is 32.2 Å². The average Bonchev–Trinajstić information content (AvgIpc) is 2.84. The van der Waals surface area contributed by atoms with Crippen molar-refractivity contribution in [3.8, 4) is 0 Å². The third-order valence-electron chi connectivity index (χ3n) is 4.14. The Balaban J connectivity index is 2.14. The van der Waals surface area contributed by atoms with Crippen LogP contribution in [0.5, 0.6) is 0 Å². The van der Waals surface area contributed by atoms with Gasteiger partial charge in [-0.1, -0.05) is 28.1 Å². The van der Waals surface area contributed by atoms with E-state index in [9.17, 15) is 9.90 Å². The topological polar surface area (TPSA) is 55.1 Å². The van der Waals surface area contributed by atoms with Gasteiger partial charge >= 0.3 is 5.97 Å². The fraction of sp³-hybridized carbons (Fsp3) is 0.375. The number of halogens is 1. The summed E-state index contributed by atoms with van der Waals surface area (Å²) in [5.41, 5.74) is 1.98. The van der Waals surface area contributed by atoms with Gasteiger partial charge in [-0.05, 0) is 38.0 Å². The fourth-order valence-electron chi connectivity index (χ4n) is 3.11. The molecular formula is C16H17BrN2O2. The van der Waals surface area contributed by atoms with E-state index in [0.29, 0.717) is 6.42 Å². The first-order chi connectivity index (χ1) is 10.1. The minimum atomic E-state index is -0.736. The van der Waals surface area contributed by atoms with Crippen LogP contribution >= 0.6 is 15.9 Å². The zero-order valence-electron chi connectivity index (χ0n) is 11.8. The predicted octanol–water partition coefficient (Wildman–Crippen LogP) is 3.95. The van der Waals surface area contributed by atoms with E-state index < -0.39 is 5.97 Å². The molecule has 1 aromatic carbocycles. The summed E-state index contributed by atoms with van der Waals surface area (Å²) in [7, 11) is 0. The minimum absolute atomic E-state index is 0.0568. The van der Waals surface area contributed by atoms with Gasteiger partial charge in [-0.2, -0.15) is 0 Å². The molecule has 2 atom stereocenters. The number of benzene rings is 1. The number of hydrogen-bond donors (Lipinski definition) is 1. The zero-order valence-corrected chi connectivity index (χ0v) is 13.4. The molecule has 0 spiro atoms. The second kappa shape index (κ2) is 5.64. The smallest absolute Gasteiger partial charge is 0.307 e. The minimum Gasteiger partial charge on any atom is -0.481 e. The number of aliphatic carboxylic acids is 1. The molecule has 1 aromatic heterocycles. The molecule has 3 rings (SSSR count). The third-order valence-corrected chi connectivity index (χ3v) is 4.63. The van der Waals surface area contributed by atoms with Crippen LogP contribution in [0.1, 0.15) is 31.5 Å². The summed E-state index contributed by atoms with van der Waals surface area (Å²) in [5.74, 6) is -0.290. The van der Waals surface area contributed by atoms with Crippen LogP contribution in [-0.2, 0) is 11.3 Å². The lowest BCUT2D eigenvalue weighted by molar-refractivity contribution is -0.142.